The maximum absolute atomic E-state index is 12.7. The van der Waals surface area contributed by atoms with Gasteiger partial charge in [0.05, 0.1) is 30.0 Å². The Labute approximate surface area is 151 Å². The van der Waals surface area contributed by atoms with Gasteiger partial charge < -0.3 is 14.6 Å². The molecule has 1 fully saturated rings. The molecule has 1 aromatic carbocycles. The predicted molar refractivity (Wildman–Crippen MR) is 97.4 cm³/mol. The summed E-state index contributed by atoms with van der Waals surface area (Å²) in [5.74, 6) is 1.35. The number of hydrogen-bond acceptors (Lipinski definition) is 5. The molecule has 0 spiro atoms. The number of anilines is 1. The number of fused-ring (bicyclic) bond motifs is 1. The number of aromatic nitrogens is 1. The van der Waals surface area contributed by atoms with E-state index in [9.17, 15) is 10.1 Å². The molecule has 1 saturated heterocycles. The molecule has 0 radical (unpaired) electrons. The van der Waals surface area contributed by atoms with Crippen molar-refractivity contribution in [2.45, 2.75) is 25.4 Å². The zero-order chi connectivity index (χ0) is 17.9. The van der Waals surface area contributed by atoms with Crippen LogP contribution in [0.4, 0.5) is 5.82 Å². The molecule has 1 amide bonds. The van der Waals surface area contributed by atoms with Crippen LogP contribution in [0, 0.1) is 11.3 Å². The van der Waals surface area contributed by atoms with Gasteiger partial charge in [-0.3, -0.25) is 4.79 Å². The van der Waals surface area contributed by atoms with Gasteiger partial charge in [-0.1, -0.05) is 18.2 Å². The normalized spacial score (nSPS) is 16.6. The number of furan rings is 1. The summed E-state index contributed by atoms with van der Waals surface area (Å²) >= 11 is 0. The Kier molecular flexibility index (Phi) is 4.28. The maximum Gasteiger partial charge on any atom is 0.243 e. The van der Waals surface area contributed by atoms with E-state index in [4.69, 9.17) is 4.42 Å². The van der Waals surface area contributed by atoms with Gasteiger partial charge in [-0.15, -0.1) is 0 Å². The third-order valence-electron chi connectivity index (χ3n) is 4.69. The zero-order valence-electron chi connectivity index (χ0n) is 14.2. The highest BCUT2D eigenvalue weighted by molar-refractivity contribution is 5.89. The highest BCUT2D eigenvalue weighted by Gasteiger charge is 2.32. The smallest absolute Gasteiger partial charge is 0.243 e. The minimum atomic E-state index is -0.287. The largest absolute Gasteiger partial charge is 0.467 e. The van der Waals surface area contributed by atoms with Gasteiger partial charge in [-0.2, -0.15) is 5.26 Å². The fourth-order valence-corrected chi connectivity index (χ4v) is 3.42. The Morgan fingerprint density at radius 1 is 1.35 bits per heavy atom. The second-order valence-electron chi connectivity index (χ2n) is 6.31. The molecule has 0 aliphatic carbocycles. The molecule has 1 aliphatic heterocycles. The van der Waals surface area contributed by atoms with Crippen molar-refractivity contribution in [3.8, 4) is 6.07 Å². The zero-order valence-corrected chi connectivity index (χ0v) is 14.2. The SMILES string of the molecule is N#Cc1cc(N2CCCC2C(=O)NCc2ccco2)nc2ccccc12. The van der Waals surface area contributed by atoms with Crippen LogP contribution in [0.2, 0.25) is 0 Å². The number of nitriles is 1. The van der Waals surface area contributed by atoms with E-state index < -0.39 is 0 Å². The molecule has 1 N–H and O–H groups in total. The number of para-hydroxylation sites is 1. The van der Waals surface area contributed by atoms with Crippen LogP contribution in [0.5, 0.6) is 0 Å². The molecule has 26 heavy (non-hydrogen) atoms. The number of pyridine rings is 1. The standard InChI is InChI=1S/C20H18N4O2/c21-12-14-11-19(23-17-7-2-1-6-16(14)17)24-9-3-8-18(24)20(25)22-13-15-5-4-10-26-15/h1-2,4-7,10-11,18H,3,8-9,13H2,(H,22,25). The van der Waals surface area contributed by atoms with Gasteiger partial charge in [-0.25, -0.2) is 4.98 Å². The average Bonchev–Trinajstić information content (AvgIpc) is 3.37. The number of hydrogen-bond donors (Lipinski definition) is 1. The van der Waals surface area contributed by atoms with Crippen molar-refractivity contribution in [3.05, 3.63) is 60.1 Å². The monoisotopic (exact) mass is 346 g/mol. The van der Waals surface area contributed by atoms with Gasteiger partial charge in [0.25, 0.3) is 0 Å². The van der Waals surface area contributed by atoms with E-state index in [0.717, 1.165) is 36.0 Å². The summed E-state index contributed by atoms with van der Waals surface area (Å²) in [6.45, 7) is 1.11. The van der Waals surface area contributed by atoms with Crippen LogP contribution in [0.1, 0.15) is 24.2 Å². The van der Waals surface area contributed by atoms with Crippen molar-refractivity contribution in [1.29, 1.82) is 5.26 Å². The van der Waals surface area contributed by atoms with E-state index in [1.165, 1.54) is 0 Å². The summed E-state index contributed by atoms with van der Waals surface area (Å²) in [5, 5.41) is 13.2. The quantitative estimate of drug-likeness (QED) is 0.785. The molecular weight excluding hydrogens is 328 g/mol. The van der Waals surface area contributed by atoms with Crippen molar-refractivity contribution in [3.63, 3.8) is 0 Å². The Balaban J connectivity index is 1.59. The van der Waals surface area contributed by atoms with Crippen LogP contribution in [-0.4, -0.2) is 23.5 Å². The van der Waals surface area contributed by atoms with Gasteiger partial charge in [0.1, 0.15) is 17.6 Å². The van der Waals surface area contributed by atoms with E-state index in [2.05, 4.69) is 16.4 Å². The third-order valence-corrected chi connectivity index (χ3v) is 4.69. The molecule has 4 rings (SSSR count). The minimum Gasteiger partial charge on any atom is -0.467 e. The number of benzene rings is 1. The lowest BCUT2D eigenvalue weighted by Gasteiger charge is -2.25. The van der Waals surface area contributed by atoms with E-state index >= 15 is 0 Å². The molecule has 1 unspecified atom stereocenters. The first-order valence-electron chi connectivity index (χ1n) is 8.63. The van der Waals surface area contributed by atoms with Crippen molar-refractivity contribution in [2.75, 3.05) is 11.4 Å². The van der Waals surface area contributed by atoms with Gasteiger partial charge >= 0.3 is 0 Å². The van der Waals surface area contributed by atoms with E-state index in [1.807, 2.05) is 35.2 Å². The fraction of sp³-hybridized carbons (Fsp3) is 0.250. The van der Waals surface area contributed by atoms with Crippen LogP contribution >= 0.6 is 0 Å². The highest BCUT2D eigenvalue weighted by Crippen LogP contribution is 2.28. The molecule has 130 valence electrons. The van der Waals surface area contributed by atoms with E-state index in [1.54, 1.807) is 18.4 Å². The van der Waals surface area contributed by atoms with Crippen LogP contribution < -0.4 is 10.2 Å². The Morgan fingerprint density at radius 2 is 2.23 bits per heavy atom. The average molecular weight is 346 g/mol. The fourth-order valence-electron chi connectivity index (χ4n) is 3.42. The van der Waals surface area contributed by atoms with E-state index in [-0.39, 0.29) is 11.9 Å². The molecule has 3 aromatic rings. The molecule has 0 saturated carbocycles. The number of rotatable bonds is 4. The lowest BCUT2D eigenvalue weighted by Crippen LogP contribution is -2.43. The van der Waals surface area contributed by atoms with Crippen LogP contribution in [0.25, 0.3) is 10.9 Å². The molecule has 6 nitrogen and oxygen atoms in total. The van der Waals surface area contributed by atoms with Gasteiger partial charge in [0, 0.05) is 11.9 Å². The second kappa shape index (κ2) is 6.89. The lowest BCUT2D eigenvalue weighted by atomic mass is 10.1. The molecule has 1 atom stereocenters. The summed E-state index contributed by atoms with van der Waals surface area (Å²) in [6.07, 6.45) is 3.27. The van der Waals surface area contributed by atoms with Crippen molar-refractivity contribution in [2.24, 2.45) is 0 Å². The molecule has 3 heterocycles. The molecule has 1 aliphatic rings. The molecule has 0 bridgehead atoms. The van der Waals surface area contributed by atoms with Crippen molar-refractivity contribution >= 4 is 22.6 Å². The third kappa shape index (κ3) is 3.00. The van der Waals surface area contributed by atoms with Gasteiger partial charge in [0.2, 0.25) is 5.91 Å². The maximum atomic E-state index is 12.7. The van der Waals surface area contributed by atoms with E-state index in [0.29, 0.717) is 17.9 Å². The molecule has 6 heteroatoms. The van der Waals surface area contributed by atoms with Gasteiger partial charge in [-0.05, 0) is 37.1 Å². The van der Waals surface area contributed by atoms with Crippen molar-refractivity contribution in [1.82, 2.24) is 10.3 Å². The van der Waals surface area contributed by atoms with Crippen molar-refractivity contribution < 1.29 is 9.21 Å². The Hall–Kier alpha value is -3.33. The summed E-state index contributed by atoms with van der Waals surface area (Å²) in [5.41, 5.74) is 1.34. The second-order valence-corrected chi connectivity index (χ2v) is 6.31. The Bertz CT molecular complexity index is 975. The van der Waals surface area contributed by atoms with Crippen LogP contribution in [-0.2, 0) is 11.3 Å². The number of carbonyl (C=O) groups excluding carboxylic acids is 1. The van der Waals surface area contributed by atoms with Crippen LogP contribution in [0.3, 0.4) is 0 Å². The first-order chi connectivity index (χ1) is 12.8. The number of carbonyl (C=O) groups is 1. The Morgan fingerprint density at radius 3 is 3.04 bits per heavy atom. The summed E-state index contributed by atoms with van der Waals surface area (Å²) < 4.78 is 5.26. The summed E-state index contributed by atoms with van der Waals surface area (Å²) in [7, 11) is 0. The topological polar surface area (TPSA) is 82.2 Å². The summed E-state index contributed by atoms with van der Waals surface area (Å²) in [4.78, 5) is 19.3. The first-order valence-corrected chi connectivity index (χ1v) is 8.63. The van der Waals surface area contributed by atoms with Crippen LogP contribution in [0.15, 0.2) is 53.1 Å². The molecule has 2 aromatic heterocycles. The minimum absolute atomic E-state index is 0.0487. The number of nitrogens with one attached hydrogen (secondary N) is 1. The highest BCUT2D eigenvalue weighted by atomic mass is 16.3. The summed E-state index contributed by atoms with van der Waals surface area (Å²) in [6, 6.07) is 14.9. The number of amides is 1. The molecular formula is C20H18N4O2. The first kappa shape index (κ1) is 16.2. The lowest BCUT2D eigenvalue weighted by molar-refractivity contribution is -0.122. The predicted octanol–water partition coefficient (Wildman–Crippen LogP) is 2.98. The van der Waals surface area contributed by atoms with Gasteiger partial charge in [0.15, 0.2) is 0 Å². The number of nitrogens with zero attached hydrogens (tertiary/aromatic N) is 3.